The highest BCUT2D eigenvalue weighted by Crippen LogP contribution is 2.34. The van der Waals surface area contributed by atoms with Crippen LogP contribution in [-0.2, 0) is 28.5 Å². The summed E-state index contributed by atoms with van der Waals surface area (Å²) >= 11 is 0. The van der Waals surface area contributed by atoms with Crippen molar-refractivity contribution in [3.05, 3.63) is 52.3 Å². The van der Waals surface area contributed by atoms with E-state index in [4.69, 9.17) is 25.3 Å². The van der Waals surface area contributed by atoms with E-state index in [9.17, 15) is 13.2 Å². The standard InChI is InChI=1S/C23H28F3N5O.C6H14N2.C2H4O/c1-14(2)11-19-20(12-16-5-4-6-17(15(16)3)23(24,25)26)31-22(28-19)18(27)13-21(29-31)30-7-9-32-10-8-30;1-2-8-5-3-7-4-6-8;1-2-3/h4-6,13-14H,7-12,27H2,1-3H3;7H,2-6H2,1H3;2H,1H3. The Kier molecular flexibility index (Phi) is 12.8. The molecule has 0 aliphatic carbocycles. The number of alkyl halides is 3. The molecule has 2 aliphatic heterocycles. The first-order valence-electron chi connectivity index (χ1n) is 15.0. The number of aldehydes is 1. The summed E-state index contributed by atoms with van der Waals surface area (Å²) in [6, 6.07) is 6.12. The number of nitrogens with zero attached hydrogens (tertiary/aromatic N) is 5. The zero-order valence-electron chi connectivity index (χ0n) is 26.0. The average molecular weight is 606 g/mol. The quantitative estimate of drug-likeness (QED) is 0.400. The number of fused-ring (bicyclic) bond motifs is 1. The molecule has 2 saturated heterocycles. The Morgan fingerprint density at radius 1 is 1.14 bits per heavy atom. The van der Waals surface area contributed by atoms with Crippen molar-refractivity contribution < 1.29 is 22.7 Å². The molecule has 9 nitrogen and oxygen atoms in total. The molecule has 2 fully saturated rings. The van der Waals surface area contributed by atoms with Crippen molar-refractivity contribution in [3.63, 3.8) is 0 Å². The molecule has 2 aliphatic rings. The minimum Gasteiger partial charge on any atom is -0.396 e. The molecule has 238 valence electrons. The third-order valence-corrected chi connectivity index (χ3v) is 7.48. The molecule has 3 aromatic rings. The van der Waals surface area contributed by atoms with Gasteiger partial charge in [0.15, 0.2) is 11.5 Å². The highest BCUT2D eigenvalue weighted by molar-refractivity contribution is 5.69. The molecular weight excluding hydrogens is 559 g/mol. The first-order chi connectivity index (χ1) is 20.5. The van der Waals surface area contributed by atoms with Crippen molar-refractivity contribution in [2.45, 2.75) is 53.6 Å². The Hall–Kier alpha value is -3.22. The average Bonchev–Trinajstić information content (AvgIpc) is 3.31. The van der Waals surface area contributed by atoms with Gasteiger partial charge in [0.2, 0.25) is 0 Å². The van der Waals surface area contributed by atoms with Crippen molar-refractivity contribution in [1.82, 2.24) is 24.8 Å². The number of aromatic nitrogens is 3. The number of carbonyl (C=O) groups excluding carboxylic acids is 1. The monoisotopic (exact) mass is 605 g/mol. The van der Waals surface area contributed by atoms with Crippen LogP contribution in [-0.4, -0.2) is 84.8 Å². The van der Waals surface area contributed by atoms with E-state index in [1.54, 1.807) is 10.6 Å². The van der Waals surface area contributed by atoms with Crippen LogP contribution >= 0.6 is 0 Å². The normalized spacial score (nSPS) is 16.0. The number of rotatable bonds is 6. The number of carbonyl (C=O) groups is 1. The second-order valence-electron chi connectivity index (χ2n) is 11.1. The van der Waals surface area contributed by atoms with Crippen LogP contribution in [0.3, 0.4) is 0 Å². The number of imidazole rings is 1. The van der Waals surface area contributed by atoms with Crippen molar-refractivity contribution in [1.29, 1.82) is 0 Å². The van der Waals surface area contributed by atoms with E-state index in [2.05, 4.69) is 35.9 Å². The van der Waals surface area contributed by atoms with E-state index in [1.807, 2.05) is 6.07 Å². The molecule has 2 aromatic heterocycles. The van der Waals surface area contributed by atoms with Gasteiger partial charge in [-0.15, -0.1) is 5.10 Å². The van der Waals surface area contributed by atoms with Crippen LogP contribution in [0.2, 0.25) is 0 Å². The number of nitrogens with one attached hydrogen (secondary N) is 1. The van der Waals surface area contributed by atoms with Crippen molar-refractivity contribution in [2.75, 3.05) is 69.7 Å². The zero-order valence-corrected chi connectivity index (χ0v) is 26.0. The number of hydrogen-bond acceptors (Lipinski definition) is 8. The van der Waals surface area contributed by atoms with E-state index in [0.717, 1.165) is 23.7 Å². The fourth-order valence-electron chi connectivity index (χ4n) is 5.18. The molecular formula is C31H46F3N7O2. The Morgan fingerprint density at radius 2 is 1.79 bits per heavy atom. The minimum atomic E-state index is -4.40. The van der Waals surface area contributed by atoms with Crippen LogP contribution in [0.1, 0.15) is 55.8 Å². The molecule has 0 bridgehead atoms. The largest absolute Gasteiger partial charge is 0.416 e. The lowest BCUT2D eigenvalue weighted by Crippen LogP contribution is -2.43. The van der Waals surface area contributed by atoms with E-state index in [1.165, 1.54) is 52.6 Å². The number of hydrogen-bond donors (Lipinski definition) is 2. The molecule has 12 heteroatoms. The van der Waals surface area contributed by atoms with Crippen molar-refractivity contribution in [2.24, 2.45) is 5.92 Å². The number of anilines is 2. The van der Waals surface area contributed by atoms with Gasteiger partial charge in [0.25, 0.3) is 0 Å². The lowest BCUT2D eigenvalue weighted by molar-refractivity contribution is -0.138. The van der Waals surface area contributed by atoms with Crippen molar-refractivity contribution >= 4 is 23.4 Å². The van der Waals surface area contributed by atoms with Gasteiger partial charge in [0, 0.05) is 51.8 Å². The lowest BCUT2D eigenvalue weighted by atomic mass is 9.96. The molecule has 0 amide bonds. The maximum absolute atomic E-state index is 13.5. The topological polar surface area (TPSA) is 101 Å². The number of morpholine rings is 1. The molecule has 5 rings (SSSR count). The zero-order chi connectivity index (χ0) is 31.6. The summed E-state index contributed by atoms with van der Waals surface area (Å²) in [5.41, 5.74) is 9.19. The first kappa shape index (κ1) is 34.3. The molecule has 4 heterocycles. The van der Waals surface area contributed by atoms with Gasteiger partial charge < -0.3 is 30.4 Å². The maximum Gasteiger partial charge on any atom is 0.416 e. The number of nitrogen functional groups attached to an aromatic ring is 1. The van der Waals surface area contributed by atoms with Crippen LogP contribution in [0, 0.1) is 12.8 Å². The number of benzene rings is 1. The van der Waals surface area contributed by atoms with E-state index >= 15 is 0 Å². The number of piperazine rings is 1. The van der Waals surface area contributed by atoms with Gasteiger partial charge >= 0.3 is 6.18 Å². The summed E-state index contributed by atoms with van der Waals surface area (Å²) in [4.78, 5) is 18.1. The predicted molar refractivity (Wildman–Crippen MR) is 165 cm³/mol. The fourth-order valence-corrected chi connectivity index (χ4v) is 5.18. The van der Waals surface area contributed by atoms with Crippen LogP contribution in [0.4, 0.5) is 24.7 Å². The molecule has 0 unspecified atom stereocenters. The number of likely N-dealkylation sites (N-methyl/N-ethyl adjacent to an activating group) is 1. The molecule has 0 saturated carbocycles. The number of ether oxygens (including phenoxy) is 1. The Morgan fingerprint density at radius 3 is 2.35 bits per heavy atom. The Bertz CT molecular complexity index is 1310. The van der Waals surface area contributed by atoms with Gasteiger partial charge in [0.1, 0.15) is 6.29 Å². The van der Waals surface area contributed by atoms with E-state index in [-0.39, 0.29) is 12.0 Å². The van der Waals surface area contributed by atoms with Crippen LogP contribution in [0.5, 0.6) is 0 Å². The number of halogens is 3. The van der Waals surface area contributed by atoms with Crippen LogP contribution < -0.4 is 16.0 Å². The third-order valence-electron chi connectivity index (χ3n) is 7.48. The molecule has 1 aromatic carbocycles. The molecule has 0 spiro atoms. The summed E-state index contributed by atoms with van der Waals surface area (Å²) < 4.78 is 47.5. The Labute approximate surface area is 252 Å². The second kappa shape index (κ2) is 16.0. The van der Waals surface area contributed by atoms with Crippen LogP contribution in [0.15, 0.2) is 24.3 Å². The van der Waals surface area contributed by atoms with Gasteiger partial charge in [-0.3, -0.25) is 0 Å². The molecule has 0 radical (unpaired) electrons. The van der Waals surface area contributed by atoms with Crippen LogP contribution in [0.25, 0.3) is 5.65 Å². The van der Waals surface area contributed by atoms with Gasteiger partial charge in [-0.2, -0.15) is 13.2 Å². The molecule has 0 atom stereocenters. The molecule has 43 heavy (non-hydrogen) atoms. The third kappa shape index (κ3) is 9.38. The number of nitrogens with two attached hydrogens (primary N) is 1. The SMILES string of the molecule is CC=O.CCN1CCNCC1.Cc1c(Cc2c(CC(C)C)nc3c(N)cc(N4CCOCC4)nn23)cccc1C(F)(F)F. The van der Waals surface area contributed by atoms with E-state index in [0.29, 0.717) is 61.4 Å². The highest BCUT2D eigenvalue weighted by atomic mass is 19.4. The van der Waals surface area contributed by atoms with Gasteiger partial charge in [-0.05, 0) is 49.9 Å². The summed E-state index contributed by atoms with van der Waals surface area (Å²) in [6.07, 6.45) is -2.67. The first-order valence-corrected chi connectivity index (χ1v) is 15.0. The summed E-state index contributed by atoms with van der Waals surface area (Å²) in [5.74, 6) is 1.04. The predicted octanol–water partition coefficient (Wildman–Crippen LogP) is 4.38. The maximum atomic E-state index is 13.5. The summed E-state index contributed by atoms with van der Waals surface area (Å²) in [6.45, 7) is 18.0. The smallest absolute Gasteiger partial charge is 0.396 e. The van der Waals surface area contributed by atoms with Gasteiger partial charge in [0.05, 0.1) is 35.9 Å². The molecule has 3 N–H and O–H groups in total. The van der Waals surface area contributed by atoms with Gasteiger partial charge in [-0.25, -0.2) is 9.50 Å². The lowest BCUT2D eigenvalue weighted by Gasteiger charge is -2.27. The fraction of sp³-hybridized carbons (Fsp3) is 0.581. The highest BCUT2D eigenvalue weighted by Gasteiger charge is 2.33. The summed E-state index contributed by atoms with van der Waals surface area (Å²) in [5, 5.41) is 8.11. The second-order valence-corrected chi connectivity index (χ2v) is 11.1. The summed E-state index contributed by atoms with van der Waals surface area (Å²) in [7, 11) is 0. The van der Waals surface area contributed by atoms with Gasteiger partial charge in [-0.1, -0.05) is 32.9 Å². The van der Waals surface area contributed by atoms with E-state index < -0.39 is 11.7 Å². The minimum absolute atomic E-state index is 0.225. The Balaban J connectivity index is 0.000000389. The van der Waals surface area contributed by atoms with Crippen molar-refractivity contribution in [3.8, 4) is 0 Å².